The largest absolute Gasteiger partial charge is 0.493 e. The highest BCUT2D eigenvalue weighted by atomic mass is 16.5. The van der Waals surface area contributed by atoms with Gasteiger partial charge in [0.25, 0.3) is 0 Å². The number of ketones is 1. The van der Waals surface area contributed by atoms with E-state index in [2.05, 4.69) is 9.97 Å². The van der Waals surface area contributed by atoms with Crippen molar-refractivity contribution in [2.45, 2.75) is 19.3 Å². The number of nitrogens with one attached hydrogen (secondary N) is 1. The van der Waals surface area contributed by atoms with Crippen molar-refractivity contribution in [1.29, 1.82) is 0 Å². The number of nitrogens with zero attached hydrogens (tertiary/aromatic N) is 1. The van der Waals surface area contributed by atoms with Crippen molar-refractivity contribution < 1.29 is 14.3 Å². The van der Waals surface area contributed by atoms with E-state index in [-0.39, 0.29) is 5.78 Å². The lowest BCUT2D eigenvalue weighted by Gasteiger charge is -2.10. The molecule has 2 heterocycles. The predicted molar refractivity (Wildman–Crippen MR) is 91.9 cm³/mol. The number of ether oxygens (including phenoxy) is 2. The van der Waals surface area contributed by atoms with Crippen molar-refractivity contribution in [3.8, 4) is 22.6 Å². The molecule has 3 aromatic rings. The Morgan fingerprint density at radius 1 is 1.04 bits per heavy atom. The predicted octanol–water partition coefficient (Wildman–Crippen LogP) is 3.77. The van der Waals surface area contributed by atoms with Crippen LogP contribution in [0.15, 0.2) is 30.5 Å². The molecule has 5 heteroatoms. The van der Waals surface area contributed by atoms with Gasteiger partial charge in [-0.1, -0.05) is 6.07 Å². The summed E-state index contributed by atoms with van der Waals surface area (Å²) in [4.78, 5) is 20.1. The third-order valence-corrected chi connectivity index (χ3v) is 4.55. The molecule has 0 spiro atoms. The fraction of sp³-hybridized carbons (Fsp3) is 0.263. The number of carbonyl (C=O) groups is 1. The van der Waals surface area contributed by atoms with E-state index in [1.165, 1.54) is 0 Å². The number of aromatic nitrogens is 2. The van der Waals surface area contributed by atoms with Gasteiger partial charge in [0.2, 0.25) is 0 Å². The highest BCUT2D eigenvalue weighted by Gasteiger charge is 2.23. The van der Waals surface area contributed by atoms with Gasteiger partial charge in [-0.3, -0.25) is 4.79 Å². The molecule has 24 heavy (non-hydrogen) atoms. The van der Waals surface area contributed by atoms with Crippen molar-refractivity contribution in [3.63, 3.8) is 0 Å². The molecule has 1 aliphatic rings. The summed E-state index contributed by atoms with van der Waals surface area (Å²) in [6.07, 6.45) is 4.24. The number of carbonyl (C=O) groups excluding carboxylic acids is 1. The zero-order valence-electron chi connectivity index (χ0n) is 13.7. The summed E-state index contributed by atoms with van der Waals surface area (Å²) in [5.41, 5.74) is 4.52. The lowest BCUT2D eigenvalue weighted by molar-refractivity contribution is 0.0974. The second-order valence-electron chi connectivity index (χ2n) is 5.95. The number of hydrogen-bond donors (Lipinski definition) is 1. The van der Waals surface area contributed by atoms with E-state index in [1.807, 2.05) is 30.5 Å². The molecule has 4 rings (SSSR count). The van der Waals surface area contributed by atoms with Crippen LogP contribution in [-0.2, 0) is 6.42 Å². The van der Waals surface area contributed by atoms with Gasteiger partial charge in [-0.2, -0.15) is 0 Å². The van der Waals surface area contributed by atoms with Crippen molar-refractivity contribution >= 4 is 16.8 Å². The van der Waals surface area contributed by atoms with E-state index < -0.39 is 0 Å². The van der Waals surface area contributed by atoms with Crippen molar-refractivity contribution in [3.05, 3.63) is 41.7 Å². The minimum atomic E-state index is 0.203. The Labute approximate surface area is 139 Å². The Kier molecular flexibility index (Phi) is 3.49. The molecule has 1 aromatic carbocycles. The normalized spacial score (nSPS) is 13.8. The van der Waals surface area contributed by atoms with Gasteiger partial charge in [-0.25, -0.2) is 4.98 Å². The topological polar surface area (TPSA) is 64.2 Å². The van der Waals surface area contributed by atoms with Crippen LogP contribution in [0.1, 0.15) is 28.9 Å². The molecule has 0 aliphatic heterocycles. The van der Waals surface area contributed by atoms with Crippen LogP contribution in [0, 0.1) is 0 Å². The Hall–Kier alpha value is -2.82. The lowest BCUT2D eigenvalue weighted by atomic mass is 9.94. The number of Topliss-reactive ketones (excluding diaryl/α,β-unsaturated/α-hetero) is 1. The van der Waals surface area contributed by atoms with Crippen molar-refractivity contribution in [2.75, 3.05) is 14.2 Å². The summed E-state index contributed by atoms with van der Waals surface area (Å²) in [6.45, 7) is 0. The van der Waals surface area contributed by atoms with Crippen LogP contribution in [0.25, 0.3) is 22.2 Å². The third-order valence-electron chi connectivity index (χ3n) is 4.55. The second kappa shape index (κ2) is 5.67. The first kappa shape index (κ1) is 14.8. The first-order valence-electron chi connectivity index (χ1n) is 7.97. The summed E-state index contributed by atoms with van der Waals surface area (Å²) < 4.78 is 10.7. The maximum Gasteiger partial charge on any atom is 0.165 e. The maximum atomic E-state index is 12.3. The molecule has 0 saturated heterocycles. The molecule has 2 aromatic heterocycles. The minimum absolute atomic E-state index is 0.203. The summed E-state index contributed by atoms with van der Waals surface area (Å²) in [5.74, 6) is 1.56. The van der Waals surface area contributed by atoms with Crippen LogP contribution < -0.4 is 9.47 Å². The molecule has 122 valence electrons. The zero-order valence-corrected chi connectivity index (χ0v) is 13.7. The van der Waals surface area contributed by atoms with E-state index in [0.29, 0.717) is 17.9 Å². The quantitative estimate of drug-likeness (QED) is 0.797. The fourth-order valence-electron chi connectivity index (χ4n) is 3.35. The first-order chi connectivity index (χ1) is 11.7. The minimum Gasteiger partial charge on any atom is -0.493 e. The number of fused-ring (bicyclic) bond motifs is 3. The molecular weight excluding hydrogens is 304 g/mol. The summed E-state index contributed by atoms with van der Waals surface area (Å²) >= 11 is 0. The first-order valence-corrected chi connectivity index (χ1v) is 7.97. The smallest absolute Gasteiger partial charge is 0.165 e. The molecule has 0 radical (unpaired) electrons. The molecule has 1 N–H and O–H groups in total. The van der Waals surface area contributed by atoms with E-state index >= 15 is 0 Å². The molecule has 1 aliphatic carbocycles. The Bertz CT molecular complexity index is 943. The monoisotopic (exact) mass is 322 g/mol. The van der Waals surface area contributed by atoms with Gasteiger partial charge in [-0.15, -0.1) is 0 Å². The van der Waals surface area contributed by atoms with Crippen LogP contribution >= 0.6 is 0 Å². The number of methoxy groups -OCH3 is 2. The van der Waals surface area contributed by atoms with Gasteiger partial charge in [-0.05, 0) is 36.6 Å². The van der Waals surface area contributed by atoms with Crippen LogP contribution in [0.2, 0.25) is 0 Å². The fourth-order valence-corrected chi connectivity index (χ4v) is 3.35. The average Bonchev–Trinajstić information content (AvgIpc) is 3.00. The van der Waals surface area contributed by atoms with Gasteiger partial charge in [0, 0.05) is 34.8 Å². The number of pyridine rings is 1. The Balaban J connectivity index is 1.86. The summed E-state index contributed by atoms with van der Waals surface area (Å²) in [7, 11) is 3.23. The van der Waals surface area contributed by atoms with Crippen molar-refractivity contribution in [1.82, 2.24) is 9.97 Å². The Morgan fingerprint density at radius 3 is 2.67 bits per heavy atom. The molecule has 0 amide bonds. The lowest BCUT2D eigenvalue weighted by Crippen LogP contribution is -2.09. The van der Waals surface area contributed by atoms with E-state index in [1.54, 1.807) is 14.2 Å². The number of benzene rings is 1. The molecule has 0 atom stereocenters. The maximum absolute atomic E-state index is 12.3. The van der Waals surface area contributed by atoms with Crippen LogP contribution in [0.5, 0.6) is 11.5 Å². The van der Waals surface area contributed by atoms with E-state index in [9.17, 15) is 4.79 Å². The summed E-state index contributed by atoms with van der Waals surface area (Å²) in [5, 5.41) is 0.905. The van der Waals surface area contributed by atoms with Gasteiger partial charge in [0.15, 0.2) is 17.3 Å². The zero-order chi connectivity index (χ0) is 16.7. The molecule has 0 saturated carbocycles. The highest BCUT2D eigenvalue weighted by Crippen LogP contribution is 2.34. The molecule has 0 fully saturated rings. The van der Waals surface area contributed by atoms with Gasteiger partial charge in [0.05, 0.1) is 14.2 Å². The van der Waals surface area contributed by atoms with Gasteiger partial charge < -0.3 is 14.5 Å². The number of rotatable bonds is 3. The number of aryl methyl sites for hydroxylation is 1. The number of H-pyrrole nitrogens is 1. The molecule has 0 bridgehead atoms. The number of aromatic amines is 1. The molecule has 5 nitrogen and oxygen atoms in total. The van der Waals surface area contributed by atoms with E-state index in [4.69, 9.17) is 9.47 Å². The molecule has 0 unspecified atom stereocenters. The molecular formula is C19H18N2O3. The SMILES string of the molecule is COc1ccc(-c2cnc3[nH]c4c(c3c2)C(=O)CCC4)cc1OC. The highest BCUT2D eigenvalue weighted by molar-refractivity contribution is 6.09. The Morgan fingerprint density at radius 2 is 1.88 bits per heavy atom. The third kappa shape index (κ3) is 2.24. The van der Waals surface area contributed by atoms with Crippen LogP contribution in [0.3, 0.4) is 0 Å². The van der Waals surface area contributed by atoms with Gasteiger partial charge in [0.1, 0.15) is 5.65 Å². The standard InChI is InChI=1S/C19H18N2O3/c1-23-16-7-6-11(9-17(16)24-2)12-8-13-18-14(4-3-5-15(18)22)21-19(13)20-10-12/h6-10H,3-5H2,1-2H3,(H,20,21). The van der Waals surface area contributed by atoms with Crippen molar-refractivity contribution in [2.24, 2.45) is 0 Å². The van der Waals surface area contributed by atoms with Crippen LogP contribution in [0.4, 0.5) is 0 Å². The summed E-state index contributed by atoms with van der Waals surface area (Å²) in [6, 6.07) is 7.78. The number of hydrogen-bond acceptors (Lipinski definition) is 4. The van der Waals surface area contributed by atoms with E-state index in [0.717, 1.165) is 46.3 Å². The van der Waals surface area contributed by atoms with Crippen LogP contribution in [-0.4, -0.2) is 30.0 Å². The average molecular weight is 322 g/mol. The second-order valence-corrected chi connectivity index (χ2v) is 5.95. The van der Waals surface area contributed by atoms with Gasteiger partial charge >= 0.3 is 0 Å².